The Morgan fingerprint density at radius 1 is 1.15 bits per heavy atom. The third-order valence-electron chi connectivity index (χ3n) is 6.43. The summed E-state index contributed by atoms with van der Waals surface area (Å²) in [6.07, 6.45) is 0.992. The summed E-state index contributed by atoms with van der Waals surface area (Å²) < 4.78 is 21.8. The largest absolute Gasteiger partial charge is 0.489 e. The van der Waals surface area contributed by atoms with E-state index in [1.54, 1.807) is 40.7 Å². The lowest BCUT2D eigenvalue weighted by molar-refractivity contribution is -0.113. The van der Waals surface area contributed by atoms with Crippen molar-refractivity contribution in [1.82, 2.24) is 14.8 Å². The second kappa shape index (κ2) is 12.1. The highest BCUT2D eigenvalue weighted by molar-refractivity contribution is 7.99. The highest BCUT2D eigenvalue weighted by atomic mass is 35.5. The molecule has 0 saturated carbocycles. The molecule has 2 heterocycles. The van der Waals surface area contributed by atoms with E-state index in [-0.39, 0.29) is 12.5 Å². The number of carbonyl (C=O) groups is 1. The Morgan fingerprint density at radius 3 is 2.65 bits per heavy atom. The quantitative estimate of drug-likeness (QED) is 0.202. The number of hydrogen-bond acceptors (Lipinski definition) is 6. The topological polar surface area (TPSA) is 81.1 Å². The minimum absolute atomic E-state index is 0.00734. The predicted molar refractivity (Wildman–Crippen MR) is 157 cm³/mol. The Bertz CT molecular complexity index is 1550. The molecule has 1 aliphatic heterocycles. The van der Waals surface area contributed by atoms with E-state index < -0.39 is 11.9 Å². The summed E-state index contributed by atoms with van der Waals surface area (Å²) in [7, 11) is 0. The van der Waals surface area contributed by atoms with Gasteiger partial charge in [0.1, 0.15) is 24.2 Å². The van der Waals surface area contributed by atoms with Gasteiger partial charge in [0.15, 0.2) is 0 Å². The van der Waals surface area contributed by atoms with E-state index in [4.69, 9.17) is 21.4 Å². The molecule has 2 N–H and O–H groups in total. The number of anilines is 2. The fourth-order valence-corrected chi connectivity index (χ4v) is 5.38. The molecule has 4 aromatic rings. The smallest absolute Gasteiger partial charge is 0.255 e. The second-order valence-electron chi connectivity index (χ2n) is 9.46. The van der Waals surface area contributed by atoms with Crippen molar-refractivity contribution in [2.45, 2.75) is 45.0 Å². The summed E-state index contributed by atoms with van der Waals surface area (Å²) >= 11 is 7.72. The molecule has 1 aromatic heterocycles. The number of fused-ring (bicyclic) bond motifs is 1. The first kappa shape index (κ1) is 27.7. The molecule has 3 aromatic carbocycles. The Kier molecular flexibility index (Phi) is 8.42. The molecule has 0 saturated heterocycles. The molecule has 1 amide bonds. The van der Waals surface area contributed by atoms with Gasteiger partial charge in [0.25, 0.3) is 5.91 Å². The van der Waals surface area contributed by atoms with E-state index in [0.29, 0.717) is 44.4 Å². The van der Waals surface area contributed by atoms with Crippen molar-refractivity contribution < 1.29 is 13.9 Å². The van der Waals surface area contributed by atoms with Crippen molar-refractivity contribution in [2.75, 3.05) is 16.4 Å². The lowest BCUT2D eigenvalue weighted by Gasteiger charge is -2.28. The molecule has 10 heteroatoms. The summed E-state index contributed by atoms with van der Waals surface area (Å²) in [4.78, 5) is 18.4. The third-order valence-corrected chi connectivity index (χ3v) is 7.83. The van der Waals surface area contributed by atoms with Crippen LogP contribution < -0.4 is 15.4 Å². The van der Waals surface area contributed by atoms with Crippen LogP contribution in [0, 0.1) is 12.7 Å². The summed E-state index contributed by atoms with van der Waals surface area (Å²) in [5.74, 6) is 1.35. The number of ether oxygens (including phenoxy) is 1. The van der Waals surface area contributed by atoms with Gasteiger partial charge >= 0.3 is 0 Å². The van der Waals surface area contributed by atoms with Gasteiger partial charge in [-0.05, 0) is 67.8 Å². The number of amides is 1. The summed E-state index contributed by atoms with van der Waals surface area (Å²) in [5, 5.41) is 12.0. The van der Waals surface area contributed by atoms with Gasteiger partial charge in [-0.15, -0.1) is 5.10 Å². The van der Waals surface area contributed by atoms with Crippen LogP contribution in [0.4, 0.5) is 16.0 Å². The van der Waals surface area contributed by atoms with Crippen LogP contribution in [0.25, 0.3) is 0 Å². The number of hydrogen-bond donors (Lipinski definition) is 2. The molecule has 0 aliphatic carbocycles. The lowest BCUT2D eigenvalue weighted by Crippen LogP contribution is -2.31. The van der Waals surface area contributed by atoms with E-state index in [2.05, 4.69) is 22.5 Å². The van der Waals surface area contributed by atoms with Crippen LogP contribution in [0.1, 0.15) is 43.0 Å². The maximum Gasteiger partial charge on any atom is 0.255 e. The van der Waals surface area contributed by atoms with Crippen molar-refractivity contribution >= 4 is 40.9 Å². The summed E-state index contributed by atoms with van der Waals surface area (Å²) in [5.41, 5.74) is 4.09. The van der Waals surface area contributed by atoms with Gasteiger partial charge in [-0.1, -0.05) is 60.6 Å². The van der Waals surface area contributed by atoms with Crippen molar-refractivity contribution in [3.8, 4) is 5.75 Å². The molecule has 40 heavy (non-hydrogen) atoms. The number of thioether (sulfide) groups is 1. The molecule has 206 valence electrons. The van der Waals surface area contributed by atoms with Gasteiger partial charge in [0, 0.05) is 22.7 Å². The van der Waals surface area contributed by atoms with Gasteiger partial charge in [-0.25, -0.2) is 9.07 Å². The Morgan fingerprint density at radius 2 is 1.93 bits per heavy atom. The third kappa shape index (κ3) is 6.00. The highest BCUT2D eigenvalue weighted by Gasteiger charge is 2.34. The minimum atomic E-state index is -0.528. The van der Waals surface area contributed by atoms with Crippen LogP contribution in [0.2, 0.25) is 5.02 Å². The number of aryl methyl sites for hydroxylation is 1. The molecule has 5 rings (SSSR count). The first-order valence-electron chi connectivity index (χ1n) is 12.9. The molecule has 1 unspecified atom stereocenters. The van der Waals surface area contributed by atoms with Crippen molar-refractivity contribution in [3.05, 3.63) is 106 Å². The first-order chi connectivity index (χ1) is 19.3. The van der Waals surface area contributed by atoms with Crippen LogP contribution in [0.15, 0.2) is 83.2 Å². The van der Waals surface area contributed by atoms with Crippen LogP contribution in [-0.2, 0) is 11.4 Å². The fraction of sp³-hybridized carbons (Fsp3) is 0.233. The van der Waals surface area contributed by atoms with E-state index in [9.17, 15) is 9.18 Å². The Hall–Kier alpha value is -3.82. The number of rotatable bonds is 9. The molecule has 0 spiro atoms. The van der Waals surface area contributed by atoms with Crippen molar-refractivity contribution in [2.24, 2.45) is 0 Å². The zero-order chi connectivity index (χ0) is 28.2. The van der Waals surface area contributed by atoms with E-state index in [1.165, 1.54) is 6.07 Å². The number of allylic oxidation sites excluding steroid dienone is 1. The zero-order valence-electron chi connectivity index (χ0n) is 22.4. The molecule has 1 atom stereocenters. The monoisotopic (exact) mass is 577 g/mol. The van der Waals surface area contributed by atoms with Crippen LogP contribution in [0.5, 0.6) is 5.75 Å². The van der Waals surface area contributed by atoms with E-state index in [1.807, 2.05) is 50.2 Å². The number of aromatic nitrogens is 3. The SMILES string of the molecule is CCCSc1nc2n(n1)C(c1ccc(OCc3c(F)cccc3Cl)cc1)C(C(=O)Nc1cccc(C)c1)=C(C)N2. The maximum atomic E-state index is 14.2. The van der Waals surface area contributed by atoms with E-state index >= 15 is 0 Å². The molecule has 0 radical (unpaired) electrons. The normalized spacial score (nSPS) is 14.5. The Balaban J connectivity index is 1.46. The number of halogens is 2. The number of benzene rings is 3. The average Bonchev–Trinajstić information content (AvgIpc) is 3.33. The van der Waals surface area contributed by atoms with Gasteiger partial charge in [-0.2, -0.15) is 4.98 Å². The van der Waals surface area contributed by atoms with Gasteiger partial charge in [-0.3, -0.25) is 4.79 Å². The van der Waals surface area contributed by atoms with E-state index in [0.717, 1.165) is 23.3 Å². The minimum Gasteiger partial charge on any atom is -0.489 e. The number of carbonyl (C=O) groups excluding carboxylic acids is 1. The molecule has 0 bridgehead atoms. The molecular formula is C30H29ClFN5O2S. The molecular weight excluding hydrogens is 549 g/mol. The van der Waals surface area contributed by atoms with Crippen LogP contribution in [0.3, 0.4) is 0 Å². The Labute approximate surface area is 241 Å². The maximum absolute atomic E-state index is 14.2. The molecule has 0 fully saturated rings. The summed E-state index contributed by atoms with van der Waals surface area (Å²) in [6, 6.07) is 19.0. The zero-order valence-corrected chi connectivity index (χ0v) is 23.9. The predicted octanol–water partition coefficient (Wildman–Crippen LogP) is 7.39. The first-order valence-corrected chi connectivity index (χ1v) is 14.3. The summed E-state index contributed by atoms with van der Waals surface area (Å²) in [6.45, 7) is 5.94. The van der Waals surface area contributed by atoms with Gasteiger partial charge in [0.2, 0.25) is 11.1 Å². The molecule has 7 nitrogen and oxygen atoms in total. The fourth-order valence-electron chi connectivity index (χ4n) is 4.48. The van der Waals surface area contributed by atoms with Crippen LogP contribution >= 0.6 is 23.4 Å². The number of nitrogens with zero attached hydrogens (tertiary/aromatic N) is 3. The molecule has 1 aliphatic rings. The highest BCUT2D eigenvalue weighted by Crippen LogP contribution is 2.37. The lowest BCUT2D eigenvalue weighted by atomic mass is 9.95. The van der Waals surface area contributed by atoms with Gasteiger partial charge < -0.3 is 15.4 Å². The average molecular weight is 578 g/mol. The van der Waals surface area contributed by atoms with Crippen molar-refractivity contribution in [1.29, 1.82) is 0 Å². The van der Waals surface area contributed by atoms with Crippen molar-refractivity contribution in [3.63, 3.8) is 0 Å². The van der Waals surface area contributed by atoms with Gasteiger partial charge in [0.05, 0.1) is 10.6 Å². The van der Waals surface area contributed by atoms with Crippen LogP contribution in [-0.4, -0.2) is 26.4 Å². The standard InChI is InChI=1S/C30H29ClFN5O2S/c1-4-15-40-30-35-29-33-19(3)26(28(38)34-21-8-5-7-18(2)16-21)27(37(29)36-30)20-11-13-22(14-12-20)39-17-23-24(31)9-6-10-25(23)32/h5-14,16,27H,4,15,17H2,1-3H3,(H,34,38)(H,33,35,36). The second-order valence-corrected chi connectivity index (χ2v) is 10.9. The number of nitrogens with one attached hydrogen (secondary N) is 2.